The lowest BCUT2D eigenvalue weighted by molar-refractivity contribution is 0.606. The van der Waals surface area contributed by atoms with E-state index in [4.69, 9.17) is 5.26 Å². The van der Waals surface area contributed by atoms with Crippen molar-refractivity contribution in [1.82, 2.24) is 0 Å². The zero-order valence-electron chi connectivity index (χ0n) is 7.58. The normalized spacial score (nSPS) is 10.8. The number of nitrogens with one attached hydrogen (secondary N) is 1. The van der Waals surface area contributed by atoms with Gasteiger partial charge in [-0.05, 0) is 34.7 Å². The molecular formula is C8H6FIN2O2S. The standard InChI is InChI=1S/C8H6FIN2O2S/c1-15(13,14)12-7-3-2-6(10)8(9)5(7)4-11/h2-3,12H,1H3. The van der Waals surface area contributed by atoms with Gasteiger partial charge in [-0.15, -0.1) is 0 Å². The number of halogens is 2. The fourth-order valence-corrected chi connectivity index (χ4v) is 1.96. The molecule has 0 fully saturated rings. The van der Waals surface area contributed by atoms with Crippen LogP contribution in [0.3, 0.4) is 0 Å². The SMILES string of the molecule is CS(=O)(=O)Nc1ccc(I)c(F)c1C#N. The lowest BCUT2D eigenvalue weighted by atomic mass is 10.2. The van der Waals surface area contributed by atoms with Gasteiger partial charge in [-0.2, -0.15) is 5.26 Å². The van der Waals surface area contributed by atoms with E-state index in [2.05, 4.69) is 4.72 Å². The number of nitrogens with zero attached hydrogens (tertiary/aromatic N) is 1. The van der Waals surface area contributed by atoms with Crippen molar-refractivity contribution in [3.05, 3.63) is 27.1 Å². The maximum Gasteiger partial charge on any atom is 0.229 e. The number of hydrogen-bond donors (Lipinski definition) is 1. The van der Waals surface area contributed by atoms with Gasteiger partial charge in [-0.3, -0.25) is 4.72 Å². The van der Waals surface area contributed by atoms with E-state index in [1.54, 1.807) is 28.7 Å². The topological polar surface area (TPSA) is 70.0 Å². The van der Waals surface area contributed by atoms with Gasteiger partial charge in [0.2, 0.25) is 10.0 Å². The Bertz CT molecular complexity index is 536. The van der Waals surface area contributed by atoms with E-state index in [-0.39, 0.29) is 14.8 Å². The zero-order valence-corrected chi connectivity index (χ0v) is 10.6. The second-order valence-electron chi connectivity index (χ2n) is 2.77. The molecule has 0 aromatic heterocycles. The number of anilines is 1. The van der Waals surface area contributed by atoms with Crippen molar-refractivity contribution in [2.45, 2.75) is 0 Å². The molecule has 1 aromatic carbocycles. The first-order valence-corrected chi connectivity index (χ1v) is 6.68. The predicted molar refractivity (Wildman–Crippen MR) is 62.3 cm³/mol. The molecule has 0 radical (unpaired) electrons. The highest BCUT2D eigenvalue weighted by atomic mass is 127. The second kappa shape index (κ2) is 4.32. The summed E-state index contributed by atoms with van der Waals surface area (Å²) in [5.74, 6) is -0.716. The molecule has 1 N–H and O–H groups in total. The lowest BCUT2D eigenvalue weighted by Crippen LogP contribution is -2.11. The first-order chi connectivity index (χ1) is 6.85. The molecule has 0 saturated carbocycles. The summed E-state index contributed by atoms with van der Waals surface area (Å²) in [7, 11) is -3.51. The maximum absolute atomic E-state index is 13.4. The monoisotopic (exact) mass is 340 g/mol. The molecule has 0 bridgehead atoms. The summed E-state index contributed by atoms with van der Waals surface area (Å²) in [6, 6.07) is 4.37. The Morgan fingerprint density at radius 3 is 2.60 bits per heavy atom. The van der Waals surface area contributed by atoms with Crippen LogP contribution < -0.4 is 4.72 Å². The van der Waals surface area contributed by atoms with E-state index in [0.717, 1.165) is 6.26 Å². The average Bonchev–Trinajstić information content (AvgIpc) is 2.10. The maximum atomic E-state index is 13.4. The van der Waals surface area contributed by atoms with E-state index < -0.39 is 15.8 Å². The van der Waals surface area contributed by atoms with Gasteiger partial charge in [-0.1, -0.05) is 0 Å². The van der Waals surface area contributed by atoms with Gasteiger partial charge < -0.3 is 0 Å². The predicted octanol–water partition coefficient (Wildman–Crippen LogP) is 1.67. The van der Waals surface area contributed by atoms with Crippen LogP contribution >= 0.6 is 22.6 Å². The molecule has 0 spiro atoms. The van der Waals surface area contributed by atoms with E-state index in [1.165, 1.54) is 12.1 Å². The average molecular weight is 340 g/mol. The Hall–Kier alpha value is -0.880. The van der Waals surface area contributed by atoms with Crippen LogP contribution in [0.1, 0.15) is 5.56 Å². The third kappa shape index (κ3) is 3.04. The lowest BCUT2D eigenvalue weighted by Gasteiger charge is -2.07. The van der Waals surface area contributed by atoms with Gasteiger partial charge in [0, 0.05) is 0 Å². The summed E-state index contributed by atoms with van der Waals surface area (Å²) in [6.07, 6.45) is 0.935. The second-order valence-corrected chi connectivity index (χ2v) is 5.68. The van der Waals surface area contributed by atoms with Gasteiger partial charge in [0.05, 0.1) is 15.5 Å². The van der Waals surface area contributed by atoms with Crippen molar-refractivity contribution in [3.63, 3.8) is 0 Å². The molecule has 0 aliphatic carbocycles. The van der Waals surface area contributed by atoms with Crippen molar-refractivity contribution in [2.24, 2.45) is 0 Å². The van der Waals surface area contributed by atoms with E-state index >= 15 is 0 Å². The fourth-order valence-electron chi connectivity index (χ4n) is 0.945. The molecule has 0 saturated heterocycles. The Labute approximate surface area is 100 Å². The van der Waals surface area contributed by atoms with Crippen LogP contribution in [-0.4, -0.2) is 14.7 Å². The Kier molecular flexibility index (Phi) is 3.51. The minimum Gasteiger partial charge on any atom is -0.282 e. The third-order valence-electron chi connectivity index (χ3n) is 1.50. The van der Waals surface area contributed by atoms with E-state index in [0.29, 0.717) is 0 Å². The summed E-state index contributed by atoms with van der Waals surface area (Å²) in [5.41, 5.74) is -0.342. The minimum absolute atomic E-state index is 0.0436. The Morgan fingerprint density at radius 1 is 1.53 bits per heavy atom. The summed E-state index contributed by atoms with van der Waals surface area (Å²) in [6.45, 7) is 0. The van der Waals surface area contributed by atoms with Crippen LogP contribution in [-0.2, 0) is 10.0 Å². The van der Waals surface area contributed by atoms with Crippen LogP contribution in [0.5, 0.6) is 0 Å². The largest absolute Gasteiger partial charge is 0.282 e. The molecular weight excluding hydrogens is 334 g/mol. The summed E-state index contributed by atoms with van der Waals surface area (Å²) in [4.78, 5) is 0. The van der Waals surface area contributed by atoms with Crippen LogP contribution in [0.4, 0.5) is 10.1 Å². The van der Waals surface area contributed by atoms with Crippen molar-refractivity contribution in [3.8, 4) is 6.07 Å². The molecule has 0 aliphatic rings. The fraction of sp³-hybridized carbons (Fsp3) is 0.125. The van der Waals surface area contributed by atoms with Crippen LogP contribution in [0.15, 0.2) is 12.1 Å². The van der Waals surface area contributed by atoms with Crippen LogP contribution in [0, 0.1) is 20.7 Å². The van der Waals surface area contributed by atoms with Crippen molar-refractivity contribution >= 4 is 38.3 Å². The van der Waals surface area contributed by atoms with Gasteiger partial charge in [0.15, 0.2) is 5.82 Å². The molecule has 0 atom stereocenters. The van der Waals surface area contributed by atoms with Crippen LogP contribution in [0.2, 0.25) is 0 Å². The molecule has 4 nitrogen and oxygen atoms in total. The smallest absolute Gasteiger partial charge is 0.229 e. The molecule has 0 aliphatic heterocycles. The molecule has 0 amide bonds. The van der Waals surface area contributed by atoms with E-state index in [1.807, 2.05) is 0 Å². The van der Waals surface area contributed by atoms with Gasteiger partial charge in [0.1, 0.15) is 11.6 Å². The van der Waals surface area contributed by atoms with Gasteiger partial charge in [-0.25, -0.2) is 12.8 Å². The zero-order chi connectivity index (χ0) is 11.6. The summed E-state index contributed by atoms with van der Waals surface area (Å²) >= 11 is 1.72. The van der Waals surface area contributed by atoms with Gasteiger partial charge in [0.25, 0.3) is 0 Å². The Balaban J connectivity index is 3.34. The number of benzene rings is 1. The molecule has 0 unspecified atom stereocenters. The molecule has 7 heteroatoms. The molecule has 1 rings (SSSR count). The van der Waals surface area contributed by atoms with E-state index in [9.17, 15) is 12.8 Å². The molecule has 0 heterocycles. The molecule has 15 heavy (non-hydrogen) atoms. The van der Waals surface area contributed by atoms with Crippen molar-refractivity contribution < 1.29 is 12.8 Å². The summed E-state index contributed by atoms with van der Waals surface area (Å²) < 4.78 is 37.6. The molecule has 1 aromatic rings. The first kappa shape index (κ1) is 12.2. The number of rotatable bonds is 2. The highest BCUT2D eigenvalue weighted by Gasteiger charge is 2.14. The Morgan fingerprint density at radius 2 is 2.13 bits per heavy atom. The highest BCUT2D eigenvalue weighted by molar-refractivity contribution is 14.1. The highest BCUT2D eigenvalue weighted by Crippen LogP contribution is 2.23. The quantitative estimate of drug-likeness (QED) is 0.833. The van der Waals surface area contributed by atoms with Crippen molar-refractivity contribution in [1.29, 1.82) is 5.26 Å². The number of sulfonamides is 1. The van der Waals surface area contributed by atoms with Crippen molar-refractivity contribution in [2.75, 3.05) is 11.0 Å². The number of nitriles is 1. The minimum atomic E-state index is -3.51. The van der Waals surface area contributed by atoms with Crippen LogP contribution in [0.25, 0.3) is 0 Å². The van der Waals surface area contributed by atoms with Gasteiger partial charge >= 0.3 is 0 Å². The third-order valence-corrected chi connectivity index (χ3v) is 2.93. The number of hydrogen-bond acceptors (Lipinski definition) is 3. The first-order valence-electron chi connectivity index (χ1n) is 3.71. The summed E-state index contributed by atoms with van der Waals surface area (Å²) in [5, 5.41) is 8.69. The molecule has 80 valence electrons.